The summed E-state index contributed by atoms with van der Waals surface area (Å²) in [7, 11) is 1.63. The maximum Gasteiger partial charge on any atom is 0.170 e. The summed E-state index contributed by atoms with van der Waals surface area (Å²) in [5, 5.41) is 7.36. The van der Waals surface area contributed by atoms with Crippen molar-refractivity contribution >= 4 is 0 Å². The quantitative estimate of drug-likeness (QED) is 0.872. The molecule has 0 unspecified atom stereocenters. The summed E-state index contributed by atoms with van der Waals surface area (Å²) in [6.07, 6.45) is 0. The molecule has 2 aromatic rings. The molecule has 2 heterocycles. The zero-order valence-corrected chi connectivity index (χ0v) is 14.4. The summed E-state index contributed by atoms with van der Waals surface area (Å²) in [5.74, 6) is 2.97. The molecule has 3 rings (SSSR count). The number of ether oxygens (including phenoxy) is 3. The number of hydrogen-bond donors (Lipinski definition) is 1. The van der Waals surface area contributed by atoms with E-state index < -0.39 is 0 Å². The predicted molar refractivity (Wildman–Crippen MR) is 89.1 cm³/mol. The van der Waals surface area contributed by atoms with Gasteiger partial charge in [-0.2, -0.15) is 5.10 Å². The second kappa shape index (κ2) is 7.19. The SMILES string of the molecule is COc1cccc(OCc2nc(C(C)(C)N3CCOCC3)n[nH]2)c1. The summed E-state index contributed by atoms with van der Waals surface area (Å²) < 4.78 is 16.4. The first-order chi connectivity index (χ1) is 11.6. The highest BCUT2D eigenvalue weighted by molar-refractivity contribution is 5.32. The molecular formula is C17H24N4O3. The van der Waals surface area contributed by atoms with Crippen LogP contribution in [0, 0.1) is 0 Å². The Morgan fingerprint density at radius 1 is 1.25 bits per heavy atom. The van der Waals surface area contributed by atoms with E-state index in [-0.39, 0.29) is 5.54 Å². The molecule has 0 atom stereocenters. The van der Waals surface area contributed by atoms with Gasteiger partial charge in [-0.3, -0.25) is 10.00 Å². The van der Waals surface area contributed by atoms with Crippen molar-refractivity contribution in [3.63, 3.8) is 0 Å². The van der Waals surface area contributed by atoms with E-state index >= 15 is 0 Å². The second-order valence-electron chi connectivity index (χ2n) is 6.23. The average molecular weight is 332 g/mol. The first kappa shape index (κ1) is 16.7. The van der Waals surface area contributed by atoms with E-state index in [4.69, 9.17) is 14.2 Å². The van der Waals surface area contributed by atoms with Crippen molar-refractivity contribution in [1.29, 1.82) is 0 Å². The van der Waals surface area contributed by atoms with Crippen molar-refractivity contribution in [3.05, 3.63) is 35.9 Å². The Balaban J connectivity index is 1.64. The summed E-state index contributed by atoms with van der Waals surface area (Å²) in [6.45, 7) is 7.87. The van der Waals surface area contributed by atoms with Crippen LogP contribution in [0.1, 0.15) is 25.5 Å². The van der Waals surface area contributed by atoms with Crippen molar-refractivity contribution in [2.45, 2.75) is 26.0 Å². The normalized spacial score (nSPS) is 16.1. The van der Waals surface area contributed by atoms with Gasteiger partial charge in [0.25, 0.3) is 0 Å². The van der Waals surface area contributed by atoms with E-state index in [2.05, 4.69) is 33.9 Å². The lowest BCUT2D eigenvalue weighted by Gasteiger charge is -2.38. The largest absolute Gasteiger partial charge is 0.497 e. The molecule has 24 heavy (non-hydrogen) atoms. The maximum atomic E-state index is 5.76. The van der Waals surface area contributed by atoms with Crippen LogP contribution in [-0.4, -0.2) is 53.5 Å². The highest BCUT2D eigenvalue weighted by Crippen LogP contribution is 2.26. The third-order valence-corrected chi connectivity index (χ3v) is 4.30. The lowest BCUT2D eigenvalue weighted by Crippen LogP contribution is -2.48. The van der Waals surface area contributed by atoms with Gasteiger partial charge >= 0.3 is 0 Å². The molecule has 0 saturated carbocycles. The van der Waals surface area contributed by atoms with Gasteiger partial charge in [-0.15, -0.1) is 0 Å². The molecule has 1 aliphatic heterocycles. The summed E-state index contributed by atoms with van der Waals surface area (Å²) >= 11 is 0. The average Bonchev–Trinajstić information content (AvgIpc) is 3.11. The van der Waals surface area contributed by atoms with Crippen LogP contribution >= 0.6 is 0 Å². The minimum Gasteiger partial charge on any atom is -0.497 e. The molecule has 1 fully saturated rings. The summed E-state index contributed by atoms with van der Waals surface area (Å²) in [5.41, 5.74) is -0.242. The molecular weight excluding hydrogens is 308 g/mol. The summed E-state index contributed by atoms with van der Waals surface area (Å²) in [4.78, 5) is 6.95. The van der Waals surface area contributed by atoms with Gasteiger partial charge in [0.2, 0.25) is 0 Å². The van der Waals surface area contributed by atoms with Crippen molar-refractivity contribution < 1.29 is 14.2 Å². The monoisotopic (exact) mass is 332 g/mol. The van der Waals surface area contributed by atoms with E-state index in [9.17, 15) is 0 Å². The topological polar surface area (TPSA) is 72.5 Å². The minimum atomic E-state index is -0.242. The van der Waals surface area contributed by atoms with Crippen LogP contribution in [-0.2, 0) is 16.9 Å². The van der Waals surface area contributed by atoms with Crippen molar-refractivity contribution in [3.8, 4) is 11.5 Å². The van der Waals surface area contributed by atoms with Crippen molar-refractivity contribution in [1.82, 2.24) is 20.1 Å². The van der Waals surface area contributed by atoms with E-state index in [0.29, 0.717) is 12.4 Å². The van der Waals surface area contributed by atoms with E-state index in [0.717, 1.165) is 43.6 Å². The lowest BCUT2D eigenvalue weighted by molar-refractivity contribution is -0.0146. The van der Waals surface area contributed by atoms with Crippen LogP contribution in [0.15, 0.2) is 24.3 Å². The zero-order chi connectivity index (χ0) is 17.0. The number of H-pyrrole nitrogens is 1. The third kappa shape index (κ3) is 3.68. The number of nitrogens with zero attached hydrogens (tertiary/aromatic N) is 3. The molecule has 1 aromatic carbocycles. The number of morpholine rings is 1. The van der Waals surface area contributed by atoms with Gasteiger partial charge in [0.1, 0.15) is 18.1 Å². The molecule has 0 bridgehead atoms. The van der Waals surface area contributed by atoms with Crippen LogP contribution in [0.4, 0.5) is 0 Å². The fraction of sp³-hybridized carbons (Fsp3) is 0.529. The van der Waals surface area contributed by atoms with Gasteiger partial charge in [-0.05, 0) is 26.0 Å². The Bertz CT molecular complexity index is 665. The molecule has 0 aliphatic carbocycles. The fourth-order valence-electron chi connectivity index (χ4n) is 2.74. The van der Waals surface area contributed by atoms with Gasteiger partial charge in [0.05, 0.1) is 25.9 Å². The summed E-state index contributed by atoms with van der Waals surface area (Å²) in [6, 6.07) is 7.50. The Kier molecular flexibility index (Phi) is 5.01. The van der Waals surface area contributed by atoms with Crippen LogP contribution in [0.2, 0.25) is 0 Å². The fourth-order valence-corrected chi connectivity index (χ4v) is 2.74. The number of methoxy groups -OCH3 is 1. The van der Waals surface area contributed by atoms with Gasteiger partial charge in [0, 0.05) is 19.2 Å². The molecule has 0 amide bonds. The molecule has 7 heteroatoms. The third-order valence-electron chi connectivity index (χ3n) is 4.30. The van der Waals surface area contributed by atoms with Crippen LogP contribution in [0.25, 0.3) is 0 Å². The maximum absolute atomic E-state index is 5.76. The number of aromatic amines is 1. The number of nitrogens with one attached hydrogen (secondary N) is 1. The number of hydrogen-bond acceptors (Lipinski definition) is 6. The Morgan fingerprint density at radius 3 is 2.75 bits per heavy atom. The van der Waals surface area contributed by atoms with E-state index in [1.54, 1.807) is 7.11 Å². The lowest BCUT2D eigenvalue weighted by atomic mass is 10.0. The Hall–Kier alpha value is -2.12. The number of aromatic nitrogens is 3. The molecule has 7 nitrogen and oxygen atoms in total. The molecule has 1 aliphatic rings. The highest BCUT2D eigenvalue weighted by atomic mass is 16.5. The molecule has 0 spiro atoms. The first-order valence-corrected chi connectivity index (χ1v) is 8.11. The molecule has 1 N–H and O–H groups in total. The Morgan fingerprint density at radius 2 is 2.00 bits per heavy atom. The smallest absolute Gasteiger partial charge is 0.170 e. The van der Waals surface area contributed by atoms with Gasteiger partial charge < -0.3 is 14.2 Å². The molecule has 0 radical (unpaired) electrons. The molecule has 1 aromatic heterocycles. The first-order valence-electron chi connectivity index (χ1n) is 8.11. The van der Waals surface area contributed by atoms with E-state index in [1.807, 2.05) is 24.3 Å². The second-order valence-corrected chi connectivity index (χ2v) is 6.23. The van der Waals surface area contributed by atoms with E-state index in [1.165, 1.54) is 0 Å². The van der Waals surface area contributed by atoms with Crippen LogP contribution in [0.5, 0.6) is 11.5 Å². The van der Waals surface area contributed by atoms with Crippen LogP contribution < -0.4 is 9.47 Å². The van der Waals surface area contributed by atoms with Crippen LogP contribution in [0.3, 0.4) is 0 Å². The standard InChI is InChI=1S/C17H24N4O3/c1-17(2,21-7-9-23-10-8-21)16-18-15(19-20-16)12-24-14-6-4-5-13(11-14)22-3/h4-6,11H,7-10,12H2,1-3H3,(H,18,19,20). The Labute approximate surface area is 141 Å². The predicted octanol–water partition coefficient (Wildman–Crippen LogP) is 1.96. The zero-order valence-electron chi connectivity index (χ0n) is 14.4. The van der Waals surface area contributed by atoms with Gasteiger partial charge in [-0.1, -0.05) is 6.07 Å². The van der Waals surface area contributed by atoms with Crippen molar-refractivity contribution in [2.75, 3.05) is 33.4 Å². The van der Waals surface area contributed by atoms with Crippen molar-refractivity contribution in [2.24, 2.45) is 0 Å². The minimum absolute atomic E-state index is 0.242. The van der Waals surface area contributed by atoms with Gasteiger partial charge in [-0.25, -0.2) is 4.98 Å². The van der Waals surface area contributed by atoms with Gasteiger partial charge in [0.15, 0.2) is 11.6 Å². The molecule has 130 valence electrons. The highest BCUT2D eigenvalue weighted by Gasteiger charge is 2.33. The molecule has 1 saturated heterocycles. The number of rotatable bonds is 6. The number of benzene rings is 1.